The van der Waals surface area contributed by atoms with Gasteiger partial charge in [-0.15, -0.1) is 0 Å². The average Bonchev–Trinajstić information content (AvgIpc) is 3.46. The minimum atomic E-state index is -0.970. The number of hydrogen-bond acceptors (Lipinski definition) is 5. The average molecular weight is 581 g/mol. The number of amides is 1. The molecular weight excluding hydrogens is 540 g/mol. The zero-order chi connectivity index (χ0) is 30.6. The first kappa shape index (κ1) is 30.2. The number of ketones is 1. The van der Waals surface area contributed by atoms with Crippen molar-refractivity contribution in [2.75, 3.05) is 6.54 Å². The van der Waals surface area contributed by atoms with Crippen molar-refractivity contribution >= 4 is 23.4 Å². The summed E-state index contributed by atoms with van der Waals surface area (Å²) in [5.41, 5.74) is 5.78. The Bertz CT molecular complexity index is 1480. The number of Topliss-reactive ketones (excluding diaryl/α,β-unsaturated/α-hetero) is 1. The van der Waals surface area contributed by atoms with E-state index in [-0.39, 0.29) is 30.1 Å². The molecule has 1 aliphatic heterocycles. The van der Waals surface area contributed by atoms with E-state index < -0.39 is 18.0 Å². The standard InChI is InChI=1S/C36H40N2O5/c1-36(2,3)29-19-17-27(18-20-29)33(41)34-31(25-11-9-24(10-12-25)23-7-5-4-6-8-23)32(38-43-34)26-13-15-28(16-14-26)35(42)37-22-21-30(39)40/h9-20,23,31,34H,4-8,21-22H2,1-3H3,(H,37,42)(H,39,40). The number of carboxylic acids is 1. The number of rotatable bonds is 9. The van der Waals surface area contributed by atoms with Gasteiger partial charge in [-0.3, -0.25) is 14.4 Å². The van der Waals surface area contributed by atoms with Gasteiger partial charge in [0.1, 0.15) is 0 Å². The van der Waals surface area contributed by atoms with Gasteiger partial charge >= 0.3 is 5.97 Å². The molecule has 1 fully saturated rings. The Morgan fingerprint density at radius 1 is 0.837 bits per heavy atom. The lowest BCUT2D eigenvalue weighted by Gasteiger charge is -2.23. The van der Waals surface area contributed by atoms with Gasteiger partial charge in [0, 0.05) is 23.2 Å². The second-order valence-electron chi connectivity index (χ2n) is 12.7. The second kappa shape index (κ2) is 12.9. The van der Waals surface area contributed by atoms with Crippen LogP contribution in [0.4, 0.5) is 0 Å². The van der Waals surface area contributed by atoms with Crippen LogP contribution in [0.2, 0.25) is 0 Å². The highest BCUT2D eigenvalue weighted by Gasteiger charge is 2.41. The van der Waals surface area contributed by atoms with E-state index in [1.165, 1.54) is 37.7 Å². The van der Waals surface area contributed by atoms with Crippen molar-refractivity contribution in [3.63, 3.8) is 0 Å². The van der Waals surface area contributed by atoms with Gasteiger partial charge in [0.15, 0.2) is 0 Å². The summed E-state index contributed by atoms with van der Waals surface area (Å²) < 4.78 is 0. The molecule has 0 aromatic heterocycles. The minimum Gasteiger partial charge on any atom is -0.481 e. The van der Waals surface area contributed by atoms with E-state index in [4.69, 9.17) is 9.94 Å². The van der Waals surface area contributed by atoms with Gasteiger partial charge in [-0.05, 0) is 53.0 Å². The molecule has 7 heteroatoms. The minimum absolute atomic E-state index is 0.0242. The molecule has 2 aliphatic rings. The number of benzene rings is 3. The Hall–Kier alpha value is -4.26. The third-order valence-electron chi connectivity index (χ3n) is 8.60. The Balaban J connectivity index is 1.42. The summed E-state index contributed by atoms with van der Waals surface area (Å²) in [4.78, 5) is 43.0. The fraction of sp³-hybridized carbons (Fsp3) is 0.389. The molecule has 7 nitrogen and oxygen atoms in total. The highest BCUT2D eigenvalue weighted by molar-refractivity contribution is 6.12. The third kappa shape index (κ3) is 7.04. The maximum atomic E-state index is 13.9. The monoisotopic (exact) mass is 580 g/mol. The highest BCUT2D eigenvalue weighted by atomic mass is 16.6. The molecule has 1 amide bonds. The fourth-order valence-corrected chi connectivity index (χ4v) is 6.03. The summed E-state index contributed by atoms with van der Waals surface area (Å²) in [5.74, 6) is -1.30. The SMILES string of the molecule is CC(C)(C)c1ccc(C(=O)C2ON=C(c3ccc(C(=O)NCCC(=O)O)cc3)C2c2ccc(C3CCCCC3)cc2)cc1. The quantitative estimate of drug-likeness (QED) is 0.265. The number of hydrogen-bond donors (Lipinski definition) is 2. The van der Waals surface area contributed by atoms with Gasteiger partial charge in [0.25, 0.3) is 5.91 Å². The van der Waals surface area contributed by atoms with Crippen LogP contribution in [0, 0.1) is 0 Å². The Kier molecular flexibility index (Phi) is 9.09. The molecule has 1 saturated carbocycles. The zero-order valence-corrected chi connectivity index (χ0v) is 25.1. The lowest BCUT2D eigenvalue weighted by atomic mass is 9.80. The predicted molar refractivity (Wildman–Crippen MR) is 167 cm³/mol. The number of oxime groups is 1. The summed E-state index contributed by atoms with van der Waals surface area (Å²) in [6.07, 6.45) is 5.27. The van der Waals surface area contributed by atoms with Crippen LogP contribution in [-0.2, 0) is 15.0 Å². The molecule has 1 aliphatic carbocycles. The lowest BCUT2D eigenvalue weighted by molar-refractivity contribution is -0.136. The molecule has 5 rings (SSSR count). The van der Waals surface area contributed by atoms with E-state index in [1.54, 1.807) is 24.3 Å². The molecule has 1 heterocycles. The number of carbonyl (C=O) groups is 3. The maximum absolute atomic E-state index is 13.9. The van der Waals surface area contributed by atoms with Gasteiger partial charge in [-0.25, -0.2) is 0 Å². The van der Waals surface area contributed by atoms with Gasteiger partial charge in [0.05, 0.1) is 18.1 Å². The number of carboxylic acid groups (broad SMARTS) is 1. The zero-order valence-electron chi connectivity index (χ0n) is 25.1. The molecule has 0 radical (unpaired) electrons. The number of carbonyl (C=O) groups excluding carboxylic acids is 2. The van der Waals surface area contributed by atoms with Gasteiger partial charge in [0.2, 0.25) is 11.9 Å². The van der Waals surface area contributed by atoms with Crippen molar-refractivity contribution in [2.45, 2.75) is 82.7 Å². The second-order valence-corrected chi connectivity index (χ2v) is 12.7. The van der Waals surface area contributed by atoms with Gasteiger partial charge in [-0.2, -0.15) is 0 Å². The van der Waals surface area contributed by atoms with E-state index in [0.717, 1.165) is 16.7 Å². The molecule has 224 valence electrons. The van der Waals surface area contributed by atoms with Crippen LogP contribution < -0.4 is 5.32 Å². The van der Waals surface area contributed by atoms with E-state index >= 15 is 0 Å². The number of nitrogens with one attached hydrogen (secondary N) is 1. The largest absolute Gasteiger partial charge is 0.481 e. The van der Waals surface area contributed by atoms with Crippen LogP contribution in [0.1, 0.15) is 114 Å². The first-order valence-electron chi connectivity index (χ1n) is 15.2. The molecule has 3 aromatic rings. The van der Waals surface area contributed by atoms with E-state index in [1.807, 2.05) is 24.3 Å². The third-order valence-corrected chi connectivity index (χ3v) is 8.60. The smallest absolute Gasteiger partial charge is 0.305 e. The highest BCUT2D eigenvalue weighted by Crippen LogP contribution is 2.37. The van der Waals surface area contributed by atoms with Crippen molar-refractivity contribution < 1.29 is 24.3 Å². The summed E-state index contributed by atoms with van der Waals surface area (Å²) in [6, 6.07) is 23.3. The van der Waals surface area contributed by atoms with Gasteiger partial charge < -0.3 is 15.3 Å². The molecule has 0 spiro atoms. The lowest BCUT2D eigenvalue weighted by Crippen LogP contribution is -2.30. The molecule has 2 unspecified atom stereocenters. The van der Waals surface area contributed by atoms with Crippen LogP contribution in [0.25, 0.3) is 0 Å². The Labute approximate surface area is 253 Å². The molecule has 0 bridgehead atoms. The van der Waals surface area contributed by atoms with Crippen LogP contribution >= 0.6 is 0 Å². The number of nitrogens with zero attached hydrogens (tertiary/aromatic N) is 1. The first-order chi connectivity index (χ1) is 20.6. The van der Waals surface area contributed by atoms with Crippen LogP contribution in [0.5, 0.6) is 0 Å². The fourth-order valence-electron chi connectivity index (χ4n) is 6.03. The summed E-state index contributed by atoms with van der Waals surface area (Å²) in [6.45, 7) is 6.47. The summed E-state index contributed by atoms with van der Waals surface area (Å²) in [7, 11) is 0. The normalized spacial score (nSPS) is 18.9. The van der Waals surface area contributed by atoms with E-state index in [2.05, 4.69) is 55.5 Å². The number of aliphatic carboxylic acids is 1. The molecule has 2 N–H and O–H groups in total. The van der Waals surface area contributed by atoms with Crippen molar-refractivity contribution in [1.82, 2.24) is 5.32 Å². The molecular formula is C36H40N2O5. The topological polar surface area (TPSA) is 105 Å². The molecule has 43 heavy (non-hydrogen) atoms. The van der Waals surface area contributed by atoms with Crippen LogP contribution in [0.15, 0.2) is 78.0 Å². The van der Waals surface area contributed by atoms with E-state index in [0.29, 0.717) is 22.8 Å². The Morgan fingerprint density at radius 2 is 1.44 bits per heavy atom. The van der Waals surface area contributed by atoms with Crippen molar-refractivity contribution in [3.05, 3.63) is 106 Å². The van der Waals surface area contributed by atoms with Crippen molar-refractivity contribution in [1.29, 1.82) is 0 Å². The van der Waals surface area contributed by atoms with Crippen LogP contribution in [0.3, 0.4) is 0 Å². The first-order valence-corrected chi connectivity index (χ1v) is 15.2. The summed E-state index contributed by atoms with van der Waals surface area (Å²) >= 11 is 0. The maximum Gasteiger partial charge on any atom is 0.305 e. The molecule has 2 atom stereocenters. The molecule has 3 aromatic carbocycles. The van der Waals surface area contributed by atoms with E-state index in [9.17, 15) is 14.4 Å². The van der Waals surface area contributed by atoms with Crippen molar-refractivity contribution in [3.8, 4) is 0 Å². The van der Waals surface area contributed by atoms with Crippen LogP contribution in [-0.4, -0.2) is 41.1 Å². The van der Waals surface area contributed by atoms with Crippen molar-refractivity contribution in [2.24, 2.45) is 5.16 Å². The predicted octanol–water partition coefficient (Wildman–Crippen LogP) is 7.01. The Morgan fingerprint density at radius 3 is 2.05 bits per heavy atom. The van der Waals surface area contributed by atoms with Gasteiger partial charge in [-0.1, -0.05) is 106 Å². The molecule has 0 saturated heterocycles. The summed E-state index contributed by atoms with van der Waals surface area (Å²) in [5, 5.41) is 15.9.